The van der Waals surface area contributed by atoms with E-state index < -0.39 is 15.8 Å². The third-order valence-corrected chi connectivity index (χ3v) is 4.97. The van der Waals surface area contributed by atoms with E-state index in [1.165, 1.54) is 24.6 Å². The minimum atomic E-state index is -3.46. The van der Waals surface area contributed by atoms with Crippen molar-refractivity contribution in [3.63, 3.8) is 0 Å². The maximum atomic E-state index is 12.0. The number of halogens is 1. The van der Waals surface area contributed by atoms with Gasteiger partial charge in [0.15, 0.2) is 9.84 Å². The molecule has 0 N–H and O–H groups in total. The SMILES string of the molecule is CS(=O)(=O)c1cc(C(=O)OC2CCCCC2)ccc1Cl. The van der Waals surface area contributed by atoms with Crippen molar-refractivity contribution in [1.29, 1.82) is 0 Å². The fraction of sp³-hybridized carbons (Fsp3) is 0.500. The average molecular weight is 317 g/mol. The van der Waals surface area contributed by atoms with Crippen molar-refractivity contribution in [1.82, 2.24) is 0 Å². The highest BCUT2D eigenvalue weighted by Crippen LogP contribution is 2.25. The Morgan fingerprint density at radius 3 is 2.50 bits per heavy atom. The molecule has 0 aliphatic heterocycles. The van der Waals surface area contributed by atoms with Crippen molar-refractivity contribution >= 4 is 27.4 Å². The number of hydrogen-bond donors (Lipinski definition) is 0. The summed E-state index contributed by atoms with van der Waals surface area (Å²) < 4.78 is 28.6. The highest BCUT2D eigenvalue weighted by Gasteiger charge is 2.21. The lowest BCUT2D eigenvalue weighted by Gasteiger charge is -2.21. The molecule has 0 radical (unpaired) electrons. The first-order valence-electron chi connectivity index (χ1n) is 6.58. The summed E-state index contributed by atoms with van der Waals surface area (Å²) in [5.74, 6) is -0.488. The first kappa shape index (κ1) is 15.3. The summed E-state index contributed by atoms with van der Waals surface area (Å²) in [6.07, 6.45) is 6.04. The number of sulfone groups is 1. The van der Waals surface area contributed by atoms with Crippen LogP contribution in [0, 0.1) is 0 Å². The van der Waals surface area contributed by atoms with Crippen LogP contribution >= 0.6 is 11.6 Å². The Hall–Kier alpha value is -1.07. The Morgan fingerprint density at radius 2 is 1.90 bits per heavy atom. The third kappa shape index (κ3) is 3.73. The van der Waals surface area contributed by atoms with Crippen LogP contribution in [0.2, 0.25) is 5.02 Å². The predicted octanol–water partition coefficient (Wildman–Crippen LogP) is 3.23. The Morgan fingerprint density at radius 1 is 1.25 bits per heavy atom. The van der Waals surface area contributed by atoms with Gasteiger partial charge in [-0.3, -0.25) is 0 Å². The molecule has 1 aliphatic rings. The molecule has 0 bridgehead atoms. The zero-order valence-corrected chi connectivity index (χ0v) is 12.8. The van der Waals surface area contributed by atoms with Gasteiger partial charge in [0.25, 0.3) is 0 Å². The molecule has 1 aromatic carbocycles. The molecule has 0 spiro atoms. The number of hydrogen-bond acceptors (Lipinski definition) is 4. The largest absolute Gasteiger partial charge is 0.459 e. The molecule has 1 aliphatic carbocycles. The molecular formula is C14H17ClO4S. The standard InChI is InChI=1S/C14H17ClO4S/c1-20(17,18)13-9-10(7-8-12(13)15)14(16)19-11-5-3-2-4-6-11/h7-9,11H,2-6H2,1H3. The molecule has 1 fully saturated rings. The lowest BCUT2D eigenvalue weighted by atomic mass is 9.98. The van der Waals surface area contributed by atoms with Gasteiger partial charge in [0.05, 0.1) is 15.5 Å². The molecule has 0 unspecified atom stereocenters. The molecule has 0 heterocycles. The van der Waals surface area contributed by atoms with Crippen LogP contribution in [0.1, 0.15) is 42.5 Å². The molecule has 2 rings (SSSR count). The minimum absolute atomic E-state index is 0.0442. The molecule has 6 heteroatoms. The average Bonchev–Trinajstić information content (AvgIpc) is 2.39. The molecule has 0 saturated heterocycles. The van der Waals surface area contributed by atoms with E-state index in [-0.39, 0.29) is 21.6 Å². The predicted molar refractivity (Wildman–Crippen MR) is 76.9 cm³/mol. The highest BCUT2D eigenvalue weighted by molar-refractivity contribution is 7.90. The minimum Gasteiger partial charge on any atom is -0.459 e. The third-order valence-electron chi connectivity index (χ3n) is 3.39. The summed E-state index contributed by atoms with van der Waals surface area (Å²) in [6, 6.07) is 4.18. The summed E-state index contributed by atoms with van der Waals surface area (Å²) in [5.41, 5.74) is 0.223. The monoisotopic (exact) mass is 316 g/mol. The van der Waals surface area contributed by atoms with Gasteiger partial charge in [0, 0.05) is 6.26 Å². The molecular weight excluding hydrogens is 300 g/mol. The summed E-state index contributed by atoms with van der Waals surface area (Å²) in [7, 11) is -3.46. The van der Waals surface area contributed by atoms with Crippen LogP contribution in [0.3, 0.4) is 0 Å². The second kappa shape index (κ2) is 6.14. The van der Waals surface area contributed by atoms with Gasteiger partial charge in [-0.2, -0.15) is 0 Å². The van der Waals surface area contributed by atoms with Gasteiger partial charge in [-0.15, -0.1) is 0 Å². The van der Waals surface area contributed by atoms with E-state index in [2.05, 4.69) is 0 Å². The lowest BCUT2D eigenvalue weighted by molar-refractivity contribution is 0.0211. The summed E-state index contributed by atoms with van der Waals surface area (Å²) in [4.78, 5) is 12.0. The molecule has 4 nitrogen and oxygen atoms in total. The van der Waals surface area contributed by atoms with E-state index in [4.69, 9.17) is 16.3 Å². The smallest absolute Gasteiger partial charge is 0.338 e. The van der Waals surface area contributed by atoms with Crippen LogP contribution in [-0.2, 0) is 14.6 Å². The first-order valence-corrected chi connectivity index (χ1v) is 8.85. The molecule has 0 amide bonds. The van der Waals surface area contributed by atoms with Gasteiger partial charge < -0.3 is 4.74 Å². The molecule has 0 aromatic heterocycles. The van der Waals surface area contributed by atoms with Crippen molar-refractivity contribution in [2.45, 2.75) is 43.1 Å². The number of carbonyl (C=O) groups excluding carboxylic acids is 1. The number of rotatable bonds is 3. The van der Waals surface area contributed by atoms with Crippen LogP contribution in [0.4, 0.5) is 0 Å². The topological polar surface area (TPSA) is 60.4 Å². The number of benzene rings is 1. The Bertz CT molecular complexity index is 604. The Kier molecular flexibility index (Phi) is 4.70. The van der Waals surface area contributed by atoms with Crippen molar-refractivity contribution in [2.75, 3.05) is 6.26 Å². The molecule has 0 atom stereocenters. The normalized spacial score (nSPS) is 16.9. The number of carbonyl (C=O) groups is 1. The summed E-state index contributed by atoms with van der Waals surface area (Å²) in [5, 5.41) is 0.113. The van der Waals surface area contributed by atoms with Gasteiger partial charge in [0.1, 0.15) is 6.10 Å². The lowest BCUT2D eigenvalue weighted by Crippen LogP contribution is -2.21. The zero-order valence-electron chi connectivity index (χ0n) is 11.3. The highest BCUT2D eigenvalue weighted by atomic mass is 35.5. The fourth-order valence-corrected chi connectivity index (χ4v) is 3.62. The van der Waals surface area contributed by atoms with E-state index in [9.17, 15) is 13.2 Å². The number of esters is 1. The van der Waals surface area contributed by atoms with Gasteiger partial charge in [-0.25, -0.2) is 13.2 Å². The van der Waals surface area contributed by atoms with E-state index in [0.29, 0.717) is 0 Å². The number of ether oxygens (including phenoxy) is 1. The van der Waals surface area contributed by atoms with E-state index in [1.54, 1.807) is 0 Å². The van der Waals surface area contributed by atoms with E-state index in [1.807, 2.05) is 0 Å². The van der Waals surface area contributed by atoms with Gasteiger partial charge in [-0.05, 0) is 43.9 Å². The van der Waals surface area contributed by atoms with Gasteiger partial charge in [0.2, 0.25) is 0 Å². The fourth-order valence-electron chi connectivity index (χ4n) is 2.32. The Balaban J connectivity index is 2.18. The summed E-state index contributed by atoms with van der Waals surface area (Å²) >= 11 is 5.85. The van der Waals surface area contributed by atoms with Crippen LogP contribution in [0.25, 0.3) is 0 Å². The van der Waals surface area contributed by atoms with Crippen molar-refractivity contribution < 1.29 is 17.9 Å². The molecule has 1 saturated carbocycles. The van der Waals surface area contributed by atoms with Crippen LogP contribution in [0.15, 0.2) is 23.1 Å². The van der Waals surface area contributed by atoms with E-state index in [0.717, 1.165) is 31.9 Å². The second-order valence-corrected chi connectivity index (χ2v) is 7.47. The quantitative estimate of drug-likeness (QED) is 0.803. The van der Waals surface area contributed by atoms with Crippen molar-refractivity contribution in [2.24, 2.45) is 0 Å². The maximum absolute atomic E-state index is 12.0. The van der Waals surface area contributed by atoms with Crippen LogP contribution in [0.5, 0.6) is 0 Å². The van der Waals surface area contributed by atoms with Crippen LogP contribution in [-0.4, -0.2) is 26.7 Å². The molecule has 20 heavy (non-hydrogen) atoms. The molecule has 110 valence electrons. The molecule has 1 aromatic rings. The first-order chi connectivity index (χ1) is 9.38. The van der Waals surface area contributed by atoms with Crippen LogP contribution < -0.4 is 0 Å². The Labute approximate surface area is 124 Å². The maximum Gasteiger partial charge on any atom is 0.338 e. The summed E-state index contributed by atoms with van der Waals surface area (Å²) in [6.45, 7) is 0. The van der Waals surface area contributed by atoms with Gasteiger partial charge >= 0.3 is 5.97 Å². The van der Waals surface area contributed by atoms with E-state index >= 15 is 0 Å². The van der Waals surface area contributed by atoms with Gasteiger partial charge in [-0.1, -0.05) is 18.0 Å². The second-order valence-electron chi connectivity index (χ2n) is 5.08. The zero-order chi connectivity index (χ0) is 14.8. The van der Waals surface area contributed by atoms with Crippen molar-refractivity contribution in [3.05, 3.63) is 28.8 Å². The van der Waals surface area contributed by atoms with Crippen molar-refractivity contribution in [3.8, 4) is 0 Å².